The van der Waals surface area contributed by atoms with Crippen molar-refractivity contribution >= 4 is 71.6 Å². The molecule has 62 heavy (non-hydrogen) atoms. The molecule has 14 rings (SSSR count). The number of hydrogen-bond donors (Lipinski definition) is 0. The number of anilines is 3. The van der Waals surface area contributed by atoms with Crippen LogP contribution in [-0.4, -0.2) is 4.57 Å². The summed E-state index contributed by atoms with van der Waals surface area (Å²) in [7, 11) is 0. The lowest BCUT2D eigenvalue weighted by Crippen LogP contribution is -2.33. The number of hydrogen-bond acceptors (Lipinski definition) is 2. The Morgan fingerprint density at radius 3 is 1.98 bits per heavy atom. The van der Waals surface area contributed by atoms with Crippen LogP contribution in [0, 0.1) is 0 Å². The van der Waals surface area contributed by atoms with Crippen LogP contribution >= 0.6 is 0 Å². The zero-order valence-electron chi connectivity index (χ0n) is 33.6. The van der Waals surface area contributed by atoms with Gasteiger partial charge < -0.3 is 13.9 Å². The molecule has 0 saturated heterocycles. The molecular formula is C59H36N2O. The van der Waals surface area contributed by atoms with Crippen molar-refractivity contribution in [3.8, 4) is 27.9 Å². The van der Waals surface area contributed by atoms with Gasteiger partial charge in [-0.25, -0.2) is 0 Å². The van der Waals surface area contributed by atoms with E-state index < -0.39 is 5.41 Å². The molecule has 10 aromatic carbocycles. The summed E-state index contributed by atoms with van der Waals surface area (Å²) in [4.78, 5) is 2.34. The molecular weight excluding hydrogens is 753 g/mol. The fraction of sp³-hybridized carbons (Fsp3) is 0.0169. The Morgan fingerprint density at radius 2 is 1.06 bits per heavy atom. The normalized spacial score (nSPS) is 14.8. The van der Waals surface area contributed by atoms with Crippen LogP contribution in [-0.2, 0) is 5.41 Å². The van der Waals surface area contributed by atoms with Crippen LogP contribution in [0.5, 0.6) is 0 Å². The fourth-order valence-corrected chi connectivity index (χ4v) is 11.2. The molecule has 1 aliphatic heterocycles. The maximum absolute atomic E-state index is 6.65. The second-order valence-electron chi connectivity index (χ2n) is 16.8. The molecule has 0 radical (unpaired) electrons. The Bertz CT molecular complexity index is 3830. The summed E-state index contributed by atoms with van der Waals surface area (Å²) in [5.41, 5.74) is 18.4. The van der Waals surface area contributed by atoms with E-state index >= 15 is 0 Å². The summed E-state index contributed by atoms with van der Waals surface area (Å²) >= 11 is 0. The van der Waals surface area contributed by atoms with E-state index in [2.05, 4.69) is 222 Å². The minimum Gasteiger partial charge on any atom is -0.454 e. The van der Waals surface area contributed by atoms with E-state index in [1.807, 2.05) is 6.07 Å². The molecule has 1 aliphatic carbocycles. The molecule has 3 nitrogen and oxygen atoms in total. The van der Waals surface area contributed by atoms with E-state index in [1.165, 1.54) is 82.8 Å². The maximum Gasteiger partial charge on any atom is 0.159 e. The fourth-order valence-electron chi connectivity index (χ4n) is 11.2. The number of rotatable bonds is 4. The Balaban J connectivity index is 0.966. The van der Waals surface area contributed by atoms with Crippen LogP contribution in [0.2, 0.25) is 0 Å². The Labute approximate surface area is 358 Å². The topological polar surface area (TPSA) is 21.3 Å². The average Bonchev–Trinajstić information content (AvgIpc) is 3.99. The number of nitrogens with zero attached hydrogens (tertiary/aromatic N) is 2. The first-order valence-electron chi connectivity index (χ1n) is 21.4. The van der Waals surface area contributed by atoms with E-state index in [0.717, 1.165) is 39.0 Å². The number of fused-ring (bicyclic) bond motifs is 16. The van der Waals surface area contributed by atoms with Gasteiger partial charge in [0.2, 0.25) is 0 Å². The van der Waals surface area contributed by atoms with Crippen LogP contribution in [0.4, 0.5) is 17.1 Å². The molecule has 2 aliphatic rings. The molecule has 1 unspecified atom stereocenters. The molecule has 1 atom stereocenters. The van der Waals surface area contributed by atoms with Gasteiger partial charge in [0.25, 0.3) is 0 Å². The molecule has 0 N–H and O–H groups in total. The standard InChI is InChI=1S/C59H36N2O/c1-2-14-39-35-42(33-29-37(39)13-1)60(55-25-12-19-48-46-17-5-10-26-56(46)62-58(48)55)41-31-27-38(28-32-41)40-30-34-44-43-15-3-6-20-49(43)59(52(44)36-40)50-21-7-9-24-54(50)61-53-23-8-4-16-45(53)47-18-11-22-51(59)57(47)61/h1-36H. The van der Waals surface area contributed by atoms with E-state index in [4.69, 9.17) is 4.42 Å². The van der Waals surface area contributed by atoms with Crippen LogP contribution < -0.4 is 4.90 Å². The molecule has 0 bridgehead atoms. The Kier molecular flexibility index (Phi) is 6.76. The van der Waals surface area contributed by atoms with Gasteiger partial charge in [-0.2, -0.15) is 0 Å². The number of benzene rings is 10. The summed E-state index contributed by atoms with van der Waals surface area (Å²) < 4.78 is 9.16. The highest BCUT2D eigenvalue weighted by atomic mass is 16.3. The lowest BCUT2D eigenvalue weighted by molar-refractivity contribution is 0.669. The first-order valence-corrected chi connectivity index (χ1v) is 21.4. The van der Waals surface area contributed by atoms with Crippen LogP contribution in [0.15, 0.2) is 223 Å². The predicted octanol–water partition coefficient (Wildman–Crippen LogP) is 15.6. The first-order chi connectivity index (χ1) is 30.8. The van der Waals surface area contributed by atoms with Crippen molar-refractivity contribution in [2.24, 2.45) is 0 Å². The third-order valence-corrected chi connectivity index (χ3v) is 13.8. The van der Waals surface area contributed by atoms with Crippen LogP contribution in [0.25, 0.3) is 82.5 Å². The van der Waals surface area contributed by atoms with Gasteiger partial charge in [-0.15, -0.1) is 0 Å². The number of para-hydroxylation sites is 5. The highest BCUT2D eigenvalue weighted by molar-refractivity contribution is 6.13. The minimum atomic E-state index is -0.499. The molecule has 12 aromatic rings. The summed E-state index contributed by atoms with van der Waals surface area (Å²) in [6.07, 6.45) is 0. The SMILES string of the molecule is c1ccc2c(c1)-c1ccc(-c3ccc(N(c4ccc5ccccc5c4)c4cccc5c4oc4ccccc45)cc3)cc1C21c2ccccc2-n2c3ccccc3c3cccc1c32. The van der Waals surface area contributed by atoms with Gasteiger partial charge in [0.15, 0.2) is 5.58 Å². The van der Waals surface area contributed by atoms with Crippen molar-refractivity contribution in [3.05, 3.63) is 241 Å². The smallest absolute Gasteiger partial charge is 0.159 e. The van der Waals surface area contributed by atoms with Gasteiger partial charge >= 0.3 is 0 Å². The molecule has 2 aromatic heterocycles. The van der Waals surface area contributed by atoms with E-state index in [-0.39, 0.29) is 0 Å². The van der Waals surface area contributed by atoms with Gasteiger partial charge in [-0.05, 0) is 110 Å². The third-order valence-electron chi connectivity index (χ3n) is 13.8. The molecule has 3 heterocycles. The average molecular weight is 789 g/mol. The highest BCUT2D eigenvalue weighted by Gasteiger charge is 2.50. The van der Waals surface area contributed by atoms with E-state index in [0.29, 0.717) is 0 Å². The molecule has 1 spiro atoms. The monoisotopic (exact) mass is 788 g/mol. The van der Waals surface area contributed by atoms with Gasteiger partial charge in [0, 0.05) is 32.9 Å². The molecule has 3 heteroatoms. The summed E-state index contributed by atoms with van der Waals surface area (Å²) in [5.74, 6) is 0. The van der Waals surface area contributed by atoms with E-state index in [9.17, 15) is 0 Å². The maximum atomic E-state index is 6.65. The van der Waals surface area contributed by atoms with Gasteiger partial charge in [-0.3, -0.25) is 0 Å². The zero-order valence-corrected chi connectivity index (χ0v) is 33.6. The van der Waals surface area contributed by atoms with Crippen molar-refractivity contribution < 1.29 is 4.42 Å². The summed E-state index contributed by atoms with van der Waals surface area (Å²) in [5, 5.41) is 7.20. The van der Waals surface area contributed by atoms with Crippen LogP contribution in [0.3, 0.4) is 0 Å². The van der Waals surface area contributed by atoms with Crippen molar-refractivity contribution in [2.45, 2.75) is 5.41 Å². The van der Waals surface area contributed by atoms with Crippen LogP contribution in [0.1, 0.15) is 22.3 Å². The molecule has 288 valence electrons. The number of furan rings is 1. The van der Waals surface area contributed by atoms with Crippen molar-refractivity contribution in [2.75, 3.05) is 4.90 Å². The van der Waals surface area contributed by atoms with E-state index in [1.54, 1.807) is 0 Å². The minimum absolute atomic E-state index is 0.499. The quantitative estimate of drug-likeness (QED) is 0.177. The van der Waals surface area contributed by atoms with Gasteiger partial charge in [0.1, 0.15) is 5.58 Å². The Morgan fingerprint density at radius 1 is 0.403 bits per heavy atom. The summed E-state index contributed by atoms with van der Waals surface area (Å²) in [6.45, 7) is 0. The lowest BCUT2D eigenvalue weighted by Gasteiger charge is -2.39. The first kappa shape index (κ1) is 33.7. The van der Waals surface area contributed by atoms with Gasteiger partial charge in [-0.1, -0.05) is 164 Å². The molecule has 0 amide bonds. The van der Waals surface area contributed by atoms with Crippen molar-refractivity contribution in [1.29, 1.82) is 0 Å². The second-order valence-corrected chi connectivity index (χ2v) is 16.8. The second kappa shape index (κ2) is 12.4. The lowest BCUT2D eigenvalue weighted by atomic mass is 9.65. The van der Waals surface area contributed by atoms with Gasteiger partial charge in [0.05, 0.1) is 27.8 Å². The highest BCUT2D eigenvalue weighted by Crippen LogP contribution is 2.61. The van der Waals surface area contributed by atoms with Crippen molar-refractivity contribution in [3.63, 3.8) is 0 Å². The molecule has 0 fully saturated rings. The third kappa shape index (κ3) is 4.39. The zero-order chi connectivity index (χ0) is 40.5. The Hall–Kier alpha value is -8.14. The largest absolute Gasteiger partial charge is 0.454 e. The predicted molar refractivity (Wildman–Crippen MR) is 257 cm³/mol. The summed E-state index contributed by atoms with van der Waals surface area (Å²) in [6, 6.07) is 80.3. The number of aromatic nitrogens is 1. The molecule has 0 saturated carbocycles. The van der Waals surface area contributed by atoms with Crippen molar-refractivity contribution in [1.82, 2.24) is 4.57 Å².